The summed E-state index contributed by atoms with van der Waals surface area (Å²) in [5, 5.41) is 50.5. The number of fused-ring (bicyclic) bond motifs is 2. The van der Waals surface area contributed by atoms with Gasteiger partial charge in [0.1, 0.15) is 54.1 Å². The fraction of sp³-hybridized carbons (Fsp3) is 0.458. The van der Waals surface area contributed by atoms with Crippen LogP contribution < -0.4 is 54.4 Å². The molecule has 6 rings (SSSR count). The van der Waals surface area contributed by atoms with Gasteiger partial charge in [-0.2, -0.15) is 0 Å². The lowest BCUT2D eigenvalue weighted by Crippen LogP contribution is -2.62. The van der Waals surface area contributed by atoms with Gasteiger partial charge in [-0.15, -0.1) is 0 Å². The van der Waals surface area contributed by atoms with Gasteiger partial charge in [0.2, 0.25) is 41.4 Å². The second-order valence-electron chi connectivity index (χ2n) is 18.1. The Morgan fingerprint density at radius 3 is 2.19 bits per heavy atom. The number of aliphatic hydroxyl groups is 3. The minimum absolute atomic E-state index is 0.0167. The molecule has 0 spiro atoms. The Labute approximate surface area is 439 Å². The highest BCUT2D eigenvalue weighted by molar-refractivity contribution is 8.76. The van der Waals surface area contributed by atoms with E-state index < -0.39 is 108 Å². The van der Waals surface area contributed by atoms with E-state index in [1.54, 1.807) is 36.5 Å². The summed E-state index contributed by atoms with van der Waals surface area (Å²) in [6.45, 7) is 2.01. The molecule has 5 aromatic rings. The number of unbranched alkanes of at least 4 members (excludes halogenated alkanes) is 1. The fourth-order valence-corrected chi connectivity index (χ4v) is 10.4. The van der Waals surface area contributed by atoms with E-state index >= 15 is 0 Å². The van der Waals surface area contributed by atoms with Crippen LogP contribution in [0.15, 0.2) is 73.4 Å². The molecule has 2 unspecified atom stereocenters. The van der Waals surface area contributed by atoms with Crippen molar-refractivity contribution in [2.45, 2.75) is 113 Å². The van der Waals surface area contributed by atoms with Gasteiger partial charge in [0.25, 0.3) is 0 Å². The van der Waals surface area contributed by atoms with Crippen molar-refractivity contribution in [3.05, 3.63) is 84.6 Å². The van der Waals surface area contributed by atoms with Crippen LogP contribution in [0.4, 0.5) is 5.82 Å². The second kappa shape index (κ2) is 27.6. The van der Waals surface area contributed by atoms with Crippen LogP contribution >= 0.6 is 21.6 Å². The zero-order valence-electron chi connectivity index (χ0n) is 41.3. The van der Waals surface area contributed by atoms with E-state index in [4.69, 9.17) is 17.2 Å². The third-order valence-electron chi connectivity index (χ3n) is 12.4. The van der Waals surface area contributed by atoms with E-state index in [0.717, 1.165) is 32.5 Å². The highest BCUT2D eigenvalue weighted by Crippen LogP contribution is 2.25. The number of para-hydroxylation sites is 1. The van der Waals surface area contributed by atoms with Gasteiger partial charge in [-0.3, -0.25) is 33.6 Å². The Morgan fingerprint density at radius 1 is 0.813 bits per heavy atom. The van der Waals surface area contributed by atoms with Crippen LogP contribution in [0.1, 0.15) is 44.2 Å². The molecule has 75 heavy (non-hydrogen) atoms. The summed E-state index contributed by atoms with van der Waals surface area (Å²) >= 11 is 0. The maximum absolute atomic E-state index is 14.8. The monoisotopic (exact) mass is 1080 g/mol. The molecule has 2 aromatic carbocycles. The van der Waals surface area contributed by atoms with Gasteiger partial charge >= 0.3 is 0 Å². The maximum Gasteiger partial charge on any atom is 0.245 e. The summed E-state index contributed by atoms with van der Waals surface area (Å²) in [5.41, 5.74) is 20.8. The van der Waals surface area contributed by atoms with Crippen LogP contribution in [0.5, 0.6) is 0 Å². The molecule has 1 aliphatic rings. The first-order valence-electron chi connectivity index (χ1n) is 24.3. The number of hydrogen-bond acceptors (Lipinski definition) is 18. The quantitative estimate of drug-likeness (QED) is 0.0335. The van der Waals surface area contributed by atoms with Gasteiger partial charge in [0, 0.05) is 48.0 Å². The van der Waals surface area contributed by atoms with Crippen LogP contribution in [0, 0.1) is 0 Å². The van der Waals surface area contributed by atoms with Gasteiger partial charge in [0.15, 0.2) is 11.5 Å². The molecule has 1 fully saturated rings. The average Bonchev–Trinajstić information content (AvgIpc) is 4.00. The number of nitrogens with zero attached hydrogens (tertiary/aromatic N) is 4. The number of carbonyl (C=O) groups is 7. The van der Waals surface area contributed by atoms with Gasteiger partial charge < -0.3 is 79.3 Å². The molecule has 17 N–H and O–H groups in total. The summed E-state index contributed by atoms with van der Waals surface area (Å²) in [6, 6.07) is 4.96. The van der Waals surface area contributed by atoms with Crippen molar-refractivity contribution in [1.82, 2.24) is 61.7 Å². The first-order chi connectivity index (χ1) is 36.0. The van der Waals surface area contributed by atoms with Crippen molar-refractivity contribution >= 4 is 90.8 Å². The number of rotatable bonds is 17. The van der Waals surface area contributed by atoms with E-state index in [1.807, 2.05) is 24.3 Å². The van der Waals surface area contributed by atoms with Gasteiger partial charge in [-0.25, -0.2) is 15.0 Å². The molecule has 7 amide bonds. The van der Waals surface area contributed by atoms with Gasteiger partial charge in [-0.1, -0.05) is 70.1 Å². The van der Waals surface area contributed by atoms with Crippen LogP contribution in [0.25, 0.3) is 22.1 Å². The van der Waals surface area contributed by atoms with E-state index in [2.05, 4.69) is 57.2 Å². The number of aromatic nitrogens is 5. The summed E-state index contributed by atoms with van der Waals surface area (Å²) in [5.74, 6) is -6.29. The lowest BCUT2D eigenvalue weighted by Gasteiger charge is -2.29. The van der Waals surface area contributed by atoms with E-state index in [9.17, 15) is 48.9 Å². The standard InChI is InChI=1S/C48H65N15O10S2/c1-25(65)35(20-64)59-47(72)37-22-75-74-21-36(60-42(67)30(50)19-63-24-55-39-40(51)53-23-54-41(39)63)46(71)57-33(16-27-10-4-3-5-11-27)44(69)58-34(17-28-18-52-31-13-7-6-12-29(28)31)45(70)56-32(14-8-9-15-49)43(68)62-38(26(2)66)48(73)61-37/h3-7,10-13,18,23-26,30,32-38,52,64-66H,8-9,14-17,19-22,49-50H2,1-2H3,(H,56,70)(H,57,71)(H,58,69)(H,59,72)(H,60,67)(H,61,73)(H,62,68)(H2,51,53,54)/t25?,26?,30-,32-,33-,34+,35+,36-,37-,38-/m0/s1. The van der Waals surface area contributed by atoms with Crippen molar-refractivity contribution in [1.29, 1.82) is 0 Å². The molecular formula is C48H65N15O10S2. The van der Waals surface area contributed by atoms with Crippen LogP contribution in [-0.4, -0.2) is 166 Å². The number of benzene rings is 2. The summed E-state index contributed by atoms with van der Waals surface area (Å²) < 4.78 is 1.49. The topological polar surface area (TPSA) is 402 Å². The normalized spacial score (nSPS) is 22.4. The van der Waals surface area contributed by atoms with Crippen molar-refractivity contribution in [2.24, 2.45) is 11.5 Å². The second-order valence-corrected chi connectivity index (χ2v) is 20.7. The number of nitrogen functional groups attached to an aromatic ring is 1. The van der Waals surface area contributed by atoms with Crippen molar-refractivity contribution in [2.75, 3.05) is 30.4 Å². The van der Waals surface area contributed by atoms with Crippen LogP contribution in [-0.2, 0) is 52.9 Å². The lowest BCUT2D eigenvalue weighted by molar-refractivity contribution is -0.136. The van der Waals surface area contributed by atoms with E-state index in [1.165, 1.54) is 31.1 Å². The summed E-state index contributed by atoms with van der Waals surface area (Å²) in [7, 11) is 1.98. The molecule has 4 heterocycles. The Hall–Kier alpha value is -6.88. The zero-order chi connectivity index (χ0) is 54.2. The molecule has 3 aromatic heterocycles. The van der Waals surface area contributed by atoms with Gasteiger partial charge in [-0.05, 0) is 56.8 Å². The number of aromatic amines is 1. The number of H-pyrrole nitrogens is 1. The smallest absolute Gasteiger partial charge is 0.245 e. The summed E-state index contributed by atoms with van der Waals surface area (Å²) in [6.07, 6.45) is 2.15. The average molecular weight is 1080 g/mol. The lowest BCUT2D eigenvalue weighted by atomic mass is 10.0. The molecular weight excluding hydrogens is 1010 g/mol. The molecule has 27 heteroatoms. The predicted molar refractivity (Wildman–Crippen MR) is 282 cm³/mol. The van der Waals surface area contributed by atoms with E-state index in [-0.39, 0.29) is 55.2 Å². The Morgan fingerprint density at radius 2 is 1.48 bits per heavy atom. The number of amides is 7. The van der Waals surface area contributed by atoms with Crippen molar-refractivity contribution < 1.29 is 48.9 Å². The first kappa shape index (κ1) is 57.4. The zero-order valence-corrected chi connectivity index (χ0v) is 42.9. The minimum atomic E-state index is -1.69. The minimum Gasteiger partial charge on any atom is -0.394 e. The molecule has 10 atom stereocenters. The van der Waals surface area contributed by atoms with Crippen molar-refractivity contribution in [3.8, 4) is 0 Å². The Kier molecular flexibility index (Phi) is 21.1. The highest BCUT2D eigenvalue weighted by Gasteiger charge is 2.36. The Bertz CT molecular complexity index is 2760. The number of anilines is 1. The molecule has 1 saturated heterocycles. The summed E-state index contributed by atoms with van der Waals surface area (Å²) in [4.78, 5) is 116. The highest BCUT2D eigenvalue weighted by atomic mass is 33.1. The molecule has 0 radical (unpaired) electrons. The molecule has 25 nitrogen and oxygen atoms in total. The number of nitrogens with one attached hydrogen (secondary N) is 8. The molecule has 0 bridgehead atoms. The number of nitrogens with two attached hydrogens (primary N) is 3. The van der Waals surface area contributed by atoms with Crippen molar-refractivity contribution in [3.63, 3.8) is 0 Å². The third kappa shape index (κ3) is 15.8. The number of imidazole rings is 1. The molecule has 1 aliphatic heterocycles. The molecule has 404 valence electrons. The Balaban J connectivity index is 1.38. The SMILES string of the molecule is CC(O)[C@@H]1NC(=O)[C@H](CCCCN)NC(=O)[C@@H](Cc2c[nH]c3ccccc23)NC(=O)[C@H](Cc2ccccc2)NC(=O)[C@@H](NC(=O)[C@@H](N)Cn2cnc3c(N)ncnc32)CSSC[C@@H](C(=O)N[C@H](CO)C(C)O)NC1=O. The van der Waals surface area contributed by atoms with Crippen LogP contribution in [0.2, 0.25) is 0 Å². The number of aliphatic hydroxyl groups excluding tert-OH is 3. The fourth-order valence-electron chi connectivity index (χ4n) is 8.09. The largest absolute Gasteiger partial charge is 0.394 e. The first-order valence-corrected chi connectivity index (χ1v) is 26.8. The third-order valence-corrected chi connectivity index (χ3v) is 14.8. The van der Waals surface area contributed by atoms with Crippen LogP contribution in [0.3, 0.4) is 0 Å². The number of hydrogen-bond donors (Lipinski definition) is 14. The number of carbonyl (C=O) groups excluding carboxylic acids is 7. The van der Waals surface area contributed by atoms with Gasteiger partial charge in [0.05, 0.1) is 31.2 Å². The maximum atomic E-state index is 14.8. The predicted octanol–water partition coefficient (Wildman–Crippen LogP) is -2.63. The molecule has 0 aliphatic carbocycles. The van der Waals surface area contributed by atoms with E-state index in [0.29, 0.717) is 29.6 Å². The molecule has 0 saturated carbocycles.